The fraction of sp³-hybridized carbons (Fsp3) is 0.211. The van der Waals surface area contributed by atoms with Crippen LogP contribution in [0.1, 0.15) is 23.4 Å². The van der Waals surface area contributed by atoms with Gasteiger partial charge in [-0.3, -0.25) is 10.1 Å². The Morgan fingerprint density at radius 2 is 1.85 bits per heavy atom. The van der Waals surface area contributed by atoms with Crippen LogP contribution < -0.4 is 5.32 Å². The molecule has 0 unspecified atom stereocenters. The van der Waals surface area contributed by atoms with Crippen molar-refractivity contribution in [3.05, 3.63) is 71.4 Å². The van der Waals surface area contributed by atoms with Gasteiger partial charge in [-0.25, -0.2) is 4.39 Å². The number of rotatable bonds is 7. The predicted molar refractivity (Wildman–Crippen MR) is 98.7 cm³/mol. The molecular weight excluding hydrogens is 353 g/mol. The number of anilines is 1. The minimum atomic E-state index is -0.296. The summed E-state index contributed by atoms with van der Waals surface area (Å²) in [6.07, 6.45) is 0.723. The number of hydrogen-bond donors (Lipinski definition) is 1. The van der Waals surface area contributed by atoms with Crippen LogP contribution >= 0.6 is 11.8 Å². The molecule has 0 bridgehead atoms. The van der Waals surface area contributed by atoms with E-state index in [2.05, 4.69) is 15.5 Å². The average Bonchev–Trinajstić information content (AvgIpc) is 3.05. The summed E-state index contributed by atoms with van der Waals surface area (Å²) >= 11 is 1.62. The topological polar surface area (TPSA) is 68.0 Å². The van der Waals surface area contributed by atoms with E-state index in [0.717, 1.165) is 10.5 Å². The number of nitrogens with zero attached hydrogens (tertiary/aromatic N) is 2. The van der Waals surface area contributed by atoms with Crippen LogP contribution in [0, 0.1) is 12.7 Å². The number of nitrogens with one attached hydrogen (secondary N) is 1. The van der Waals surface area contributed by atoms with Crippen LogP contribution in [0.3, 0.4) is 0 Å². The Labute approximate surface area is 155 Å². The number of aromatic nitrogens is 2. The van der Waals surface area contributed by atoms with Crippen LogP contribution in [0.4, 0.5) is 10.4 Å². The third kappa shape index (κ3) is 5.42. The van der Waals surface area contributed by atoms with Gasteiger partial charge >= 0.3 is 6.01 Å². The molecule has 3 rings (SSSR count). The maximum absolute atomic E-state index is 12.9. The zero-order valence-electron chi connectivity index (χ0n) is 14.2. The third-order valence-corrected chi connectivity index (χ3v) is 4.61. The molecule has 0 atom stereocenters. The van der Waals surface area contributed by atoms with Crippen LogP contribution in [0.2, 0.25) is 0 Å². The normalized spacial score (nSPS) is 10.7. The van der Waals surface area contributed by atoms with Gasteiger partial charge in [-0.05, 0) is 36.8 Å². The van der Waals surface area contributed by atoms with E-state index in [1.54, 1.807) is 23.9 Å². The maximum Gasteiger partial charge on any atom is 0.322 e. The van der Waals surface area contributed by atoms with Gasteiger partial charge in [0.1, 0.15) is 5.82 Å². The van der Waals surface area contributed by atoms with Gasteiger partial charge in [0.2, 0.25) is 11.8 Å². The van der Waals surface area contributed by atoms with Gasteiger partial charge in [0, 0.05) is 17.1 Å². The van der Waals surface area contributed by atoms with Gasteiger partial charge in [0.15, 0.2) is 0 Å². The van der Waals surface area contributed by atoms with E-state index in [0.29, 0.717) is 24.5 Å². The molecule has 134 valence electrons. The number of amides is 1. The predicted octanol–water partition coefficient (Wildman–Crippen LogP) is 4.23. The molecule has 1 amide bonds. The van der Waals surface area contributed by atoms with Gasteiger partial charge in [-0.15, -0.1) is 16.9 Å². The monoisotopic (exact) mass is 371 g/mol. The Hall–Kier alpha value is -2.67. The number of halogens is 1. The van der Waals surface area contributed by atoms with Crippen LogP contribution in [0.5, 0.6) is 0 Å². The summed E-state index contributed by atoms with van der Waals surface area (Å²) in [5.41, 5.74) is 2.06. The Balaban J connectivity index is 1.45. The van der Waals surface area contributed by atoms with Crippen molar-refractivity contribution in [2.75, 3.05) is 11.1 Å². The summed E-state index contributed by atoms with van der Waals surface area (Å²) in [6.45, 7) is 2.04. The second-order valence-corrected chi connectivity index (χ2v) is 6.93. The van der Waals surface area contributed by atoms with Crippen molar-refractivity contribution in [3.63, 3.8) is 0 Å². The van der Waals surface area contributed by atoms with Crippen molar-refractivity contribution < 1.29 is 13.6 Å². The minimum absolute atomic E-state index is 0.0763. The molecule has 1 aromatic heterocycles. The van der Waals surface area contributed by atoms with Crippen molar-refractivity contribution >= 4 is 23.7 Å². The van der Waals surface area contributed by atoms with E-state index in [1.807, 2.05) is 31.2 Å². The second kappa shape index (κ2) is 8.62. The molecular formula is C19H18FN3O2S. The summed E-state index contributed by atoms with van der Waals surface area (Å²) in [5.74, 6) is 0.545. The summed E-state index contributed by atoms with van der Waals surface area (Å²) in [6, 6.07) is 14.3. The van der Waals surface area contributed by atoms with E-state index >= 15 is 0 Å². The lowest BCUT2D eigenvalue weighted by molar-refractivity contribution is -0.115. The summed E-state index contributed by atoms with van der Waals surface area (Å²) in [4.78, 5) is 13.1. The molecule has 0 aliphatic heterocycles. The maximum atomic E-state index is 12.9. The summed E-state index contributed by atoms with van der Waals surface area (Å²) in [5, 5.41) is 10.3. The molecule has 0 aliphatic rings. The van der Waals surface area contributed by atoms with Crippen molar-refractivity contribution in [3.8, 4) is 0 Å². The van der Waals surface area contributed by atoms with Gasteiger partial charge in [-0.1, -0.05) is 34.9 Å². The highest BCUT2D eigenvalue weighted by Crippen LogP contribution is 2.19. The van der Waals surface area contributed by atoms with Crippen molar-refractivity contribution in [2.45, 2.75) is 24.7 Å². The quantitative estimate of drug-likeness (QED) is 0.630. The molecule has 0 saturated carbocycles. The lowest BCUT2D eigenvalue weighted by atomic mass is 10.1. The Bertz CT molecular complexity index is 863. The third-order valence-electron chi connectivity index (χ3n) is 3.60. The van der Waals surface area contributed by atoms with Gasteiger partial charge in [0.05, 0.1) is 6.42 Å². The van der Waals surface area contributed by atoms with Gasteiger partial charge in [0.25, 0.3) is 0 Å². The molecule has 0 fully saturated rings. The molecule has 2 aromatic carbocycles. The molecule has 0 saturated heterocycles. The highest BCUT2D eigenvalue weighted by atomic mass is 32.2. The summed E-state index contributed by atoms with van der Waals surface area (Å²) < 4.78 is 18.3. The largest absolute Gasteiger partial charge is 0.407 e. The lowest BCUT2D eigenvalue weighted by Gasteiger charge is -2.02. The molecule has 0 aliphatic carbocycles. The number of hydrogen-bond acceptors (Lipinski definition) is 5. The molecule has 0 radical (unpaired) electrons. The van der Waals surface area contributed by atoms with Crippen molar-refractivity contribution in [1.82, 2.24) is 10.2 Å². The Kier molecular flexibility index (Phi) is 6.01. The number of carbonyl (C=O) groups is 1. The molecule has 26 heavy (non-hydrogen) atoms. The molecule has 5 nitrogen and oxygen atoms in total. The fourth-order valence-electron chi connectivity index (χ4n) is 2.23. The molecule has 0 spiro atoms. The van der Waals surface area contributed by atoms with Crippen LogP contribution in [-0.4, -0.2) is 21.9 Å². The molecule has 3 aromatic rings. The van der Waals surface area contributed by atoms with E-state index in [4.69, 9.17) is 4.42 Å². The van der Waals surface area contributed by atoms with Crippen molar-refractivity contribution in [1.29, 1.82) is 0 Å². The lowest BCUT2D eigenvalue weighted by Crippen LogP contribution is -2.12. The average molecular weight is 371 g/mol. The smallest absolute Gasteiger partial charge is 0.322 e. The Morgan fingerprint density at radius 3 is 2.58 bits per heavy atom. The highest BCUT2D eigenvalue weighted by molar-refractivity contribution is 7.99. The second-order valence-electron chi connectivity index (χ2n) is 5.76. The van der Waals surface area contributed by atoms with Gasteiger partial charge in [-0.2, -0.15) is 0 Å². The van der Waals surface area contributed by atoms with Crippen LogP contribution in [-0.2, 0) is 11.2 Å². The number of thioether (sulfide) groups is 1. The first-order chi connectivity index (χ1) is 12.6. The SMILES string of the molecule is Cc1ccc(SCCC(=O)Nc2nnc(Cc3ccc(F)cc3)o2)cc1. The van der Waals surface area contributed by atoms with Gasteiger partial charge < -0.3 is 4.42 Å². The number of benzene rings is 2. The molecule has 1 N–H and O–H groups in total. The highest BCUT2D eigenvalue weighted by Gasteiger charge is 2.10. The van der Waals surface area contributed by atoms with Crippen LogP contribution in [0.15, 0.2) is 57.8 Å². The van der Waals surface area contributed by atoms with E-state index in [1.165, 1.54) is 17.7 Å². The Morgan fingerprint density at radius 1 is 1.12 bits per heavy atom. The first kappa shape index (κ1) is 18.1. The van der Waals surface area contributed by atoms with Crippen molar-refractivity contribution in [2.24, 2.45) is 0 Å². The van der Waals surface area contributed by atoms with E-state index < -0.39 is 0 Å². The zero-order chi connectivity index (χ0) is 18.4. The molecule has 1 heterocycles. The fourth-order valence-corrected chi connectivity index (χ4v) is 3.08. The number of carbonyl (C=O) groups excluding carboxylic acids is 1. The van der Waals surface area contributed by atoms with E-state index in [9.17, 15) is 9.18 Å². The molecule has 7 heteroatoms. The zero-order valence-corrected chi connectivity index (χ0v) is 15.1. The number of aryl methyl sites for hydroxylation is 1. The summed E-state index contributed by atoms with van der Waals surface area (Å²) in [7, 11) is 0. The first-order valence-electron chi connectivity index (χ1n) is 8.14. The first-order valence-corrected chi connectivity index (χ1v) is 9.13. The standard InChI is InChI=1S/C19H18FN3O2S/c1-13-2-8-16(9-3-13)26-11-10-17(24)21-19-23-22-18(25-19)12-14-4-6-15(20)7-5-14/h2-9H,10-12H2,1H3,(H,21,23,24). The van der Waals surface area contributed by atoms with Crippen LogP contribution in [0.25, 0.3) is 0 Å². The minimum Gasteiger partial charge on any atom is -0.407 e. The van der Waals surface area contributed by atoms with E-state index in [-0.39, 0.29) is 17.7 Å².